The van der Waals surface area contributed by atoms with Crippen LogP contribution in [0, 0.1) is 6.92 Å². The Morgan fingerprint density at radius 1 is 1.29 bits per heavy atom. The fourth-order valence-corrected chi connectivity index (χ4v) is 3.34. The molecule has 2 heterocycles. The summed E-state index contributed by atoms with van der Waals surface area (Å²) in [7, 11) is 0. The number of benzene rings is 1. The zero-order chi connectivity index (χ0) is 16.8. The van der Waals surface area contributed by atoms with E-state index in [1.165, 1.54) is 22.5 Å². The molecule has 1 N–H and O–H groups in total. The Balaban J connectivity index is 1.45. The van der Waals surface area contributed by atoms with Gasteiger partial charge in [0.15, 0.2) is 5.13 Å². The lowest BCUT2D eigenvalue weighted by Crippen LogP contribution is -2.35. The second-order valence-electron chi connectivity index (χ2n) is 6.07. The highest BCUT2D eigenvalue weighted by molar-refractivity contribution is 7.13. The van der Waals surface area contributed by atoms with E-state index in [-0.39, 0.29) is 5.91 Å². The van der Waals surface area contributed by atoms with Gasteiger partial charge in [0.25, 0.3) is 0 Å². The van der Waals surface area contributed by atoms with Crippen LogP contribution in [-0.2, 0) is 22.5 Å². The summed E-state index contributed by atoms with van der Waals surface area (Å²) in [5, 5.41) is 5.61. The molecule has 1 amide bonds. The molecule has 0 aliphatic carbocycles. The Kier molecular flexibility index (Phi) is 5.96. The molecule has 1 saturated heterocycles. The van der Waals surface area contributed by atoms with Gasteiger partial charge in [-0.05, 0) is 18.9 Å². The largest absolute Gasteiger partial charge is 0.379 e. The number of nitrogens with zero attached hydrogens (tertiary/aromatic N) is 2. The third kappa shape index (κ3) is 5.12. The lowest BCUT2D eigenvalue weighted by Gasteiger charge is -2.25. The lowest BCUT2D eigenvalue weighted by atomic mass is 10.1. The predicted octanol–water partition coefficient (Wildman–Crippen LogP) is 2.86. The normalized spacial score (nSPS) is 15.4. The number of amides is 1. The van der Waals surface area contributed by atoms with E-state index >= 15 is 0 Å². The van der Waals surface area contributed by atoms with E-state index in [2.05, 4.69) is 46.4 Å². The number of rotatable bonds is 6. The van der Waals surface area contributed by atoms with E-state index in [1.807, 2.05) is 5.38 Å². The second kappa shape index (κ2) is 8.37. The molecule has 1 fully saturated rings. The molecule has 2 aromatic rings. The summed E-state index contributed by atoms with van der Waals surface area (Å²) < 4.78 is 5.35. The van der Waals surface area contributed by atoms with Crippen LogP contribution in [0.2, 0.25) is 0 Å². The molecule has 1 aliphatic rings. The number of carbonyl (C=O) groups excluding carboxylic acids is 1. The van der Waals surface area contributed by atoms with Crippen LogP contribution < -0.4 is 5.32 Å². The van der Waals surface area contributed by atoms with Gasteiger partial charge in [-0.1, -0.05) is 29.8 Å². The Morgan fingerprint density at radius 3 is 2.79 bits per heavy atom. The van der Waals surface area contributed by atoms with Crippen molar-refractivity contribution >= 4 is 22.4 Å². The fourth-order valence-electron chi connectivity index (χ4n) is 2.62. The molecule has 6 heteroatoms. The summed E-state index contributed by atoms with van der Waals surface area (Å²) in [5.41, 5.74) is 3.43. The first-order valence-electron chi connectivity index (χ1n) is 8.29. The SMILES string of the molecule is Cc1ccc(CCC(=O)Nc2nc(CN3CCOCC3)cs2)cc1. The summed E-state index contributed by atoms with van der Waals surface area (Å²) in [4.78, 5) is 18.9. The van der Waals surface area contributed by atoms with Crippen LogP contribution in [0.25, 0.3) is 0 Å². The molecule has 1 aliphatic heterocycles. The number of aromatic nitrogens is 1. The van der Waals surface area contributed by atoms with Crippen LogP contribution in [0.1, 0.15) is 23.2 Å². The highest BCUT2D eigenvalue weighted by atomic mass is 32.1. The van der Waals surface area contributed by atoms with Gasteiger partial charge in [-0.3, -0.25) is 9.69 Å². The van der Waals surface area contributed by atoms with Crippen molar-refractivity contribution in [3.63, 3.8) is 0 Å². The van der Waals surface area contributed by atoms with Gasteiger partial charge in [0.2, 0.25) is 5.91 Å². The van der Waals surface area contributed by atoms with Crippen molar-refractivity contribution in [2.45, 2.75) is 26.3 Å². The lowest BCUT2D eigenvalue weighted by molar-refractivity contribution is -0.116. The monoisotopic (exact) mass is 345 g/mol. The molecular weight excluding hydrogens is 322 g/mol. The Hall–Kier alpha value is -1.76. The minimum absolute atomic E-state index is 0.0165. The molecule has 128 valence electrons. The van der Waals surface area contributed by atoms with Gasteiger partial charge in [0.1, 0.15) is 0 Å². The number of ether oxygens (including phenoxy) is 1. The number of thiazole rings is 1. The van der Waals surface area contributed by atoms with Crippen molar-refractivity contribution in [3.05, 3.63) is 46.5 Å². The maximum Gasteiger partial charge on any atom is 0.226 e. The molecule has 3 rings (SSSR count). The number of morpholine rings is 1. The summed E-state index contributed by atoms with van der Waals surface area (Å²) in [6.45, 7) is 6.33. The molecule has 1 aromatic heterocycles. The maximum absolute atomic E-state index is 12.1. The average Bonchev–Trinajstić information content (AvgIpc) is 3.02. The molecule has 0 bridgehead atoms. The Labute approximate surface area is 146 Å². The number of anilines is 1. The molecule has 0 spiro atoms. The van der Waals surface area contributed by atoms with Gasteiger partial charge in [0.05, 0.1) is 18.9 Å². The topological polar surface area (TPSA) is 54.5 Å². The van der Waals surface area contributed by atoms with E-state index in [4.69, 9.17) is 4.74 Å². The summed E-state index contributed by atoms with van der Waals surface area (Å²) in [6, 6.07) is 8.30. The van der Waals surface area contributed by atoms with E-state index in [9.17, 15) is 4.79 Å². The first-order valence-corrected chi connectivity index (χ1v) is 9.17. The van der Waals surface area contributed by atoms with Crippen molar-refractivity contribution in [2.75, 3.05) is 31.6 Å². The molecule has 0 unspecified atom stereocenters. The van der Waals surface area contributed by atoms with Crippen LogP contribution in [0.4, 0.5) is 5.13 Å². The maximum atomic E-state index is 12.1. The third-order valence-corrected chi connectivity index (χ3v) is 4.86. The Morgan fingerprint density at radius 2 is 2.04 bits per heavy atom. The molecule has 1 aromatic carbocycles. The zero-order valence-corrected chi connectivity index (χ0v) is 14.8. The number of hydrogen-bond donors (Lipinski definition) is 1. The van der Waals surface area contributed by atoms with E-state index in [1.54, 1.807) is 0 Å². The Bertz CT molecular complexity index is 663. The van der Waals surface area contributed by atoms with Crippen molar-refractivity contribution in [2.24, 2.45) is 0 Å². The van der Waals surface area contributed by atoms with Gasteiger partial charge in [-0.25, -0.2) is 4.98 Å². The van der Waals surface area contributed by atoms with Crippen LogP contribution in [0.3, 0.4) is 0 Å². The zero-order valence-electron chi connectivity index (χ0n) is 14.0. The van der Waals surface area contributed by atoms with E-state index in [0.29, 0.717) is 11.6 Å². The van der Waals surface area contributed by atoms with Crippen molar-refractivity contribution in [1.82, 2.24) is 9.88 Å². The van der Waals surface area contributed by atoms with E-state index < -0.39 is 0 Å². The molecular formula is C18H23N3O2S. The van der Waals surface area contributed by atoms with Crippen molar-refractivity contribution in [3.8, 4) is 0 Å². The predicted molar refractivity (Wildman–Crippen MR) is 96.3 cm³/mol. The first-order chi connectivity index (χ1) is 11.7. The molecule has 0 saturated carbocycles. The van der Waals surface area contributed by atoms with Crippen molar-refractivity contribution < 1.29 is 9.53 Å². The second-order valence-corrected chi connectivity index (χ2v) is 6.92. The standard InChI is InChI=1S/C18H23N3O2S/c1-14-2-4-15(5-3-14)6-7-17(22)20-18-19-16(13-24-18)12-21-8-10-23-11-9-21/h2-5,13H,6-12H2,1H3,(H,19,20,22). The van der Waals surface area contributed by atoms with Gasteiger partial charge < -0.3 is 10.1 Å². The molecule has 0 atom stereocenters. The van der Waals surface area contributed by atoms with Gasteiger partial charge >= 0.3 is 0 Å². The number of aryl methyl sites for hydroxylation is 2. The quantitative estimate of drug-likeness (QED) is 0.875. The molecule has 5 nitrogen and oxygen atoms in total. The smallest absolute Gasteiger partial charge is 0.226 e. The van der Waals surface area contributed by atoms with Gasteiger partial charge in [0, 0.05) is 31.4 Å². The van der Waals surface area contributed by atoms with Crippen molar-refractivity contribution in [1.29, 1.82) is 0 Å². The summed E-state index contributed by atoms with van der Waals surface area (Å²) in [6.07, 6.45) is 1.22. The van der Waals surface area contributed by atoms with Crippen LogP contribution in [0.5, 0.6) is 0 Å². The third-order valence-electron chi connectivity index (χ3n) is 4.05. The number of nitrogens with one attached hydrogen (secondary N) is 1. The summed E-state index contributed by atoms with van der Waals surface area (Å²) >= 11 is 1.49. The van der Waals surface area contributed by atoms with Crippen LogP contribution in [0.15, 0.2) is 29.6 Å². The van der Waals surface area contributed by atoms with Crippen LogP contribution in [-0.4, -0.2) is 42.1 Å². The average molecular weight is 345 g/mol. The first kappa shape index (κ1) is 17.1. The fraction of sp³-hybridized carbons (Fsp3) is 0.444. The molecule has 0 radical (unpaired) electrons. The summed E-state index contributed by atoms with van der Waals surface area (Å²) in [5.74, 6) is 0.0165. The number of hydrogen-bond acceptors (Lipinski definition) is 5. The highest BCUT2D eigenvalue weighted by Crippen LogP contribution is 2.18. The van der Waals surface area contributed by atoms with Gasteiger partial charge in [-0.15, -0.1) is 11.3 Å². The van der Waals surface area contributed by atoms with Crippen LogP contribution >= 0.6 is 11.3 Å². The van der Waals surface area contributed by atoms with Gasteiger partial charge in [-0.2, -0.15) is 0 Å². The minimum Gasteiger partial charge on any atom is -0.379 e. The molecule has 24 heavy (non-hydrogen) atoms. The minimum atomic E-state index is 0.0165. The highest BCUT2D eigenvalue weighted by Gasteiger charge is 2.13. The van der Waals surface area contributed by atoms with E-state index in [0.717, 1.165) is 45.0 Å². The number of carbonyl (C=O) groups is 1.